The number of ether oxygens (including phenoxy) is 1. The van der Waals surface area contributed by atoms with Crippen LogP contribution >= 0.6 is 11.8 Å². The third-order valence-electron chi connectivity index (χ3n) is 4.25. The molecule has 2 aromatic rings. The maximum absolute atomic E-state index is 5.82. The van der Waals surface area contributed by atoms with Crippen molar-refractivity contribution in [1.82, 2.24) is 15.2 Å². The van der Waals surface area contributed by atoms with E-state index in [0.717, 1.165) is 34.8 Å². The van der Waals surface area contributed by atoms with Crippen molar-refractivity contribution >= 4 is 11.8 Å². The van der Waals surface area contributed by atoms with Gasteiger partial charge in [-0.3, -0.25) is 5.10 Å². The summed E-state index contributed by atoms with van der Waals surface area (Å²) in [5.74, 6) is 3.64. The van der Waals surface area contributed by atoms with E-state index < -0.39 is 0 Å². The Morgan fingerprint density at radius 2 is 1.91 bits per heavy atom. The number of hydrogen-bond donors (Lipinski definition) is 1. The fraction of sp³-hybridized carbons (Fsp3) is 0.556. The summed E-state index contributed by atoms with van der Waals surface area (Å²) in [6.45, 7) is 4.85. The first kappa shape index (κ1) is 16.4. The van der Waals surface area contributed by atoms with Crippen LogP contribution < -0.4 is 4.74 Å². The van der Waals surface area contributed by atoms with E-state index in [1.54, 1.807) is 11.8 Å². The first-order valence-electron chi connectivity index (χ1n) is 8.44. The largest absolute Gasteiger partial charge is 0.493 e. The van der Waals surface area contributed by atoms with Crippen molar-refractivity contribution in [3.05, 3.63) is 35.2 Å². The van der Waals surface area contributed by atoms with Gasteiger partial charge < -0.3 is 4.74 Å². The maximum Gasteiger partial charge on any atom is 0.208 e. The quantitative estimate of drug-likeness (QED) is 0.606. The van der Waals surface area contributed by atoms with Gasteiger partial charge in [-0.15, -0.1) is 5.10 Å². The Hall–Kier alpha value is -1.49. The topological polar surface area (TPSA) is 50.8 Å². The molecule has 23 heavy (non-hydrogen) atoms. The van der Waals surface area contributed by atoms with Crippen LogP contribution in [0.4, 0.5) is 0 Å². The number of benzene rings is 1. The molecule has 4 nitrogen and oxygen atoms in total. The number of nitrogens with zero attached hydrogens (tertiary/aromatic N) is 2. The van der Waals surface area contributed by atoms with Gasteiger partial charge in [0.2, 0.25) is 5.16 Å². The predicted molar refractivity (Wildman–Crippen MR) is 94.2 cm³/mol. The van der Waals surface area contributed by atoms with Gasteiger partial charge in [0.1, 0.15) is 11.6 Å². The van der Waals surface area contributed by atoms with Crippen LogP contribution in [0.1, 0.15) is 42.6 Å². The first-order valence-corrected chi connectivity index (χ1v) is 9.43. The molecule has 1 heterocycles. The number of aromatic nitrogens is 3. The average molecular weight is 331 g/mol. The standard InChI is InChI=1S/C18H25N3OS/c1-13-9-14(2)11-16(10-13)22-7-8-23-18-19-17(20-21-18)12-15-5-3-4-6-15/h9-11,15H,3-8,12H2,1-2H3,(H,19,20,21). The van der Waals surface area contributed by atoms with Crippen molar-refractivity contribution < 1.29 is 4.74 Å². The SMILES string of the molecule is Cc1cc(C)cc(OCCSc2n[nH]c(CC3CCCC3)n2)c1. The second-order valence-corrected chi connectivity index (χ2v) is 7.50. The number of hydrogen-bond acceptors (Lipinski definition) is 4. The third-order valence-corrected chi connectivity index (χ3v) is 5.06. The Labute approximate surface area is 142 Å². The highest BCUT2D eigenvalue weighted by molar-refractivity contribution is 7.99. The summed E-state index contributed by atoms with van der Waals surface area (Å²) in [4.78, 5) is 4.59. The van der Waals surface area contributed by atoms with Gasteiger partial charge in [0.25, 0.3) is 0 Å². The number of aryl methyl sites for hydroxylation is 2. The Morgan fingerprint density at radius 1 is 1.17 bits per heavy atom. The predicted octanol–water partition coefficient (Wildman–Crippen LogP) is 4.33. The molecule has 0 unspecified atom stereocenters. The van der Waals surface area contributed by atoms with Gasteiger partial charge in [0, 0.05) is 12.2 Å². The Bertz CT molecular complexity index is 615. The fourth-order valence-corrected chi connectivity index (χ4v) is 3.86. The zero-order valence-electron chi connectivity index (χ0n) is 14.0. The molecule has 5 heteroatoms. The second-order valence-electron chi connectivity index (χ2n) is 6.44. The van der Waals surface area contributed by atoms with Crippen molar-refractivity contribution in [3.63, 3.8) is 0 Å². The average Bonchev–Trinajstić information content (AvgIpc) is 3.15. The van der Waals surface area contributed by atoms with Crippen LogP contribution in [0.5, 0.6) is 5.75 Å². The van der Waals surface area contributed by atoms with Crippen LogP contribution in [-0.4, -0.2) is 27.5 Å². The van der Waals surface area contributed by atoms with E-state index in [1.807, 2.05) is 0 Å². The summed E-state index contributed by atoms with van der Waals surface area (Å²) in [7, 11) is 0. The molecule has 0 amide bonds. The molecule has 0 atom stereocenters. The minimum absolute atomic E-state index is 0.667. The van der Waals surface area contributed by atoms with Gasteiger partial charge in [-0.25, -0.2) is 4.98 Å². The zero-order chi connectivity index (χ0) is 16.1. The van der Waals surface area contributed by atoms with Crippen molar-refractivity contribution in [2.24, 2.45) is 5.92 Å². The molecule has 124 valence electrons. The smallest absolute Gasteiger partial charge is 0.208 e. The van der Waals surface area contributed by atoms with Crippen molar-refractivity contribution in [3.8, 4) is 5.75 Å². The molecular formula is C18H25N3OS. The lowest BCUT2D eigenvalue weighted by Crippen LogP contribution is -2.01. The number of H-pyrrole nitrogens is 1. The van der Waals surface area contributed by atoms with Crippen LogP contribution in [0.15, 0.2) is 23.4 Å². The minimum atomic E-state index is 0.667. The lowest BCUT2D eigenvalue weighted by atomic mass is 10.0. The molecule has 1 saturated carbocycles. The van der Waals surface area contributed by atoms with E-state index in [9.17, 15) is 0 Å². The zero-order valence-corrected chi connectivity index (χ0v) is 14.8. The van der Waals surface area contributed by atoms with Crippen molar-refractivity contribution in [2.75, 3.05) is 12.4 Å². The van der Waals surface area contributed by atoms with Gasteiger partial charge in [0.05, 0.1) is 6.61 Å². The first-order chi connectivity index (χ1) is 11.2. The van der Waals surface area contributed by atoms with E-state index >= 15 is 0 Å². The number of thioether (sulfide) groups is 1. The van der Waals surface area contributed by atoms with E-state index in [4.69, 9.17) is 4.74 Å². The van der Waals surface area contributed by atoms with E-state index in [-0.39, 0.29) is 0 Å². The van der Waals surface area contributed by atoms with Gasteiger partial charge >= 0.3 is 0 Å². The lowest BCUT2D eigenvalue weighted by molar-refractivity contribution is 0.343. The van der Waals surface area contributed by atoms with E-state index in [2.05, 4.69) is 47.2 Å². The Kier molecular flexibility index (Phi) is 5.60. The highest BCUT2D eigenvalue weighted by Gasteiger charge is 2.17. The molecule has 1 aliphatic rings. The number of rotatable bonds is 7. The van der Waals surface area contributed by atoms with Gasteiger partial charge in [-0.2, -0.15) is 0 Å². The summed E-state index contributed by atoms with van der Waals surface area (Å²) in [5, 5.41) is 8.22. The molecule has 3 rings (SSSR count). The van der Waals surface area contributed by atoms with Crippen LogP contribution in [0.2, 0.25) is 0 Å². The summed E-state index contributed by atoms with van der Waals surface area (Å²) in [5.41, 5.74) is 2.47. The van der Waals surface area contributed by atoms with Crippen LogP contribution in [0.3, 0.4) is 0 Å². The lowest BCUT2D eigenvalue weighted by Gasteiger charge is -2.07. The van der Waals surface area contributed by atoms with Crippen molar-refractivity contribution in [1.29, 1.82) is 0 Å². The fourth-order valence-electron chi connectivity index (χ4n) is 3.23. The highest BCUT2D eigenvalue weighted by Crippen LogP contribution is 2.27. The van der Waals surface area contributed by atoms with Gasteiger partial charge in [-0.1, -0.05) is 43.5 Å². The number of aromatic amines is 1. The second kappa shape index (κ2) is 7.86. The van der Waals surface area contributed by atoms with Gasteiger partial charge in [-0.05, 0) is 43.0 Å². The van der Waals surface area contributed by atoms with Crippen molar-refractivity contribution in [2.45, 2.75) is 51.1 Å². The number of nitrogens with one attached hydrogen (secondary N) is 1. The summed E-state index contributed by atoms with van der Waals surface area (Å²) in [6.07, 6.45) is 6.47. The highest BCUT2D eigenvalue weighted by atomic mass is 32.2. The normalized spacial score (nSPS) is 15.2. The van der Waals surface area contributed by atoms with E-state index in [0.29, 0.717) is 6.61 Å². The molecule has 1 aromatic carbocycles. The summed E-state index contributed by atoms with van der Waals surface area (Å²) in [6, 6.07) is 6.30. The summed E-state index contributed by atoms with van der Waals surface area (Å²) >= 11 is 1.65. The molecule has 0 saturated heterocycles. The molecule has 1 aromatic heterocycles. The monoisotopic (exact) mass is 331 g/mol. The molecule has 1 fully saturated rings. The van der Waals surface area contributed by atoms with E-state index in [1.165, 1.54) is 36.8 Å². The Morgan fingerprint density at radius 3 is 2.65 bits per heavy atom. The van der Waals surface area contributed by atoms with Crippen LogP contribution in [0, 0.1) is 19.8 Å². The van der Waals surface area contributed by atoms with Crippen LogP contribution in [-0.2, 0) is 6.42 Å². The summed E-state index contributed by atoms with van der Waals surface area (Å²) < 4.78 is 5.82. The molecule has 0 spiro atoms. The molecule has 0 radical (unpaired) electrons. The third kappa shape index (κ3) is 4.99. The molecule has 1 N–H and O–H groups in total. The Balaban J connectivity index is 1.41. The molecule has 0 aliphatic heterocycles. The molecular weight excluding hydrogens is 306 g/mol. The minimum Gasteiger partial charge on any atom is -0.493 e. The molecule has 0 bridgehead atoms. The van der Waals surface area contributed by atoms with Crippen LogP contribution in [0.25, 0.3) is 0 Å². The molecule has 1 aliphatic carbocycles. The maximum atomic E-state index is 5.82. The van der Waals surface area contributed by atoms with Gasteiger partial charge in [0.15, 0.2) is 0 Å².